The number of hydrogen-bond acceptors (Lipinski definition) is 5. The quantitative estimate of drug-likeness (QED) is 0.661. The summed E-state index contributed by atoms with van der Waals surface area (Å²) in [5.74, 6) is 0.0158. The fraction of sp³-hybridized carbons (Fsp3) is 0.368. The second-order valence-corrected chi connectivity index (χ2v) is 8.45. The molecule has 1 aromatic carbocycles. The Morgan fingerprint density at radius 1 is 1.32 bits per heavy atom. The van der Waals surface area contributed by atoms with Gasteiger partial charge in [-0.1, -0.05) is 11.6 Å². The first kappa shape index (κ1) is 20.4. The smallest absolute Gasteiger partial charge is 0.317 e. The van der Waals surface area contributed by atoms with Crippen molar-refractivity contribution >= 4 is 39.9 Å². The van der Waals surface area contributed by atoms with Gasteiger partial charge < -0.3 is 16.2 Å². The van der Waals surface area contributed by atoms with Gasteiger partial charge in [-0.25, -0.2) is 4.79 Å². The summed E-state index contributed by atoms with van der Waals surface area (Å²) in [5, 5.41) is 3.28. The number of carbonyl (C=O) groups is 2. The van der Waals surface area contributed by atoms with Crippen molar-refractivity contribution < 1.29 is 14.3 Å². The van der Waals surface area contributed by atoms with Gasteiger partial charge in [0.15, 0.2) is 0 Å². The highest BCUT2D eigenvalue weighted by atomic mass is 35.5. The highest BCUT2D eigenvalue weighted by Gasteiger charge is 2.27. The number of amides is 3. The summed E-state index contributed by atoms with van der Waals surface area (Å²) in [6.07, 6.45) is 1.01. The Morgan fingerprint density at radius 3 is 2.68 bits per heavy atom. The average molecular weight is 423 g/mol. The Bertz CT molecular complexity index is 899. The molecule has 0 saturated carbocycles. The van der Waals surface area contributed by atoms with Gasteiger partial charge in [-0.3, -0.25) is 15.0 Å². The molecular weight excluding hydrogens is 400 g/mol. The van der Waals surface area contributed by atoms with E-state index in [0.717, 1.165) is 25.1 Å². The number of halogens is 1. The van der Waals surface area contributed by atoms with Crippen LogP contribution in [0, 0.1) is 0 Å². The van der Waals surface area contributed by atoms with E-state index < -0.39 is 11.9 Å². The zero-order chi connectivity index (χ0) is 20.4. The maximum atomic E-state index is 11.8. The molecular formula is C19H23ClN4O3S. The lowest BCUT2D eigenvalue weighted by Crippen LogP contribution is -2.30. The molecule has 0 aliphatic carbocycles. The number of nitrogens with one attached hydrogen (secondary N) is 1. The van der Waals surface area contributed by atoms with Crippen molar-refractivity contribution in [1.29, 1.82) is 0 Å². The lowest BCUT2D eigenvalue weighted by molar-refractivity contribution is 0.100. The van der Waals surface area contributed by atoms with Crippen molar-refractivity contribution in [2.45, 2.75) is 32.4 Å². The number of ether oxygens (including phenoxy) is 1. The fourth-order valence-electron chi connectivity index (χ4n) is 3.21. The van der Waals surface area contributed by atoms with Crippen molar-refractivity contribution in [3.05, 3.63) is 34.9 Å². The van der Waals surface area contributed by atoms with Gasteiger partial charge in [0.1, 0.15) is 16.9 Å². The van der Waals surface area contributed by atoms with E-state index in [1.54, 1.807) is 18.2 Å². The predicted octanol–water partition coefficient (Wildman–Crippen LogP) is 3.52. The minimum Gasteiger partial charge on any atom is -0.488 e. The average Bonchev–Trinajstić information content (AvgIpc) is 3.23. The Kier molecular flexibility index (Phi) is 6.12. The lowest BCUT2D eigenvalue weighted by Gasteiger charge is -2.21. The van der Waals surface area contributed by atoms with Crippen LogP contribution in [0.3, 0.4) is 0 Å². The van der Waals surface area contributed by atoms with Crippen LogP contribution in [-0.2, 0) is 0 Å². The summed E-state index contributed by atoms with van der Waals surface area (Å²) in [6, 6.07) is 6.68. The maximum absolute atomic E-state index is 11.8. The molecule has 1 aromatic heterocycles. The first-order valence-corrected chi connectivity index (χ1v) is 10.1. The van der Waals surface area contributed by atoms with E-state index in [2.05, 4.69) is 24.1 Å². The van der Waals surface area contributed by atoms with Gasteiger partial charge in [-0.05, 0) is 44.5 Å². The zero-order valence-electron chi connectivity index (χ0n) is 15.7. The minimum absolute atomic E-state index is 0.0705. The third kappa shape index (κ3) is 4.57. The normalized spacial score (nSPS) is 17.1. The second-order valence-electron chi connectivity index (χ2n) is 6.96. The van der Waals surface area contributed by atoms with E-state index in [-0.39, 0.29) is 11.7 Å². The molecule has 1 aliphatic heterocycles. The number of primary amides is 2. The molecule has 1 atom stereocenters. The molecule has 28 heavy (non-hydrogen) atoms. The molecule has 1 saturated heterocycles. The number of urea groups is 1. The van der Waals surface area contributed by atoms with Gasteiger partial charge in [0.25, 0.3) is 5.91 Å². The summed E-state index contributed by atoms with van der Waals surface area (Å²) in [5.41, 5.74) is 11.6. The van der Waals surface area contributed by atoms with Gasteiger partial charge in [-0.15, -0.1) is 11.3 Å². The molecule has 9 heteroatoms. The number of hydrogen-bond donors (Lipinski definition) is 3. The first-order valence-electron chi connectivity index (χ1n) is 8.95. The Labute approximate surface area is 172 Å². The first-order chi connectivity index (χ1) is 13.2. The molecule has 2 heterocycles. The summed E-state index contributed by atoms with van der Waals surface area (Å²) >= 11 is 7.39. The van der Waals surface area contributed by atoms with Gasteiger partial charge in [0.05, 0.1) is 5.56 Å². The van der Waals surface area contributed by atoms with Crippen LogP contribution in [0.5, 0.6) is 5.75 Å². The molecule has 0 radical (unpaired) electrons. The van der Waals surface area contributed by atoms with Crippen molar-refractivity contribution in [3.63, 3.8) is 0 Å². The summed E-state index contributed by atoms with van der Waals surface area (Å²) in [4.78, 5) is 26.1. The topological polar surface area (TPSA) is 111 Å². The molecule has 1 aliphatic rings. The molecule has 2 aromatic rings. The highest BCUT2D eigenvalue weighted by molar-refractivity contribution is 7.20. The molecule has 3 rings (SSSR count). The van der Waals surface area contributed by atoms with Gasteiger partial charge in [0.2, 0.25) is 0 Å². The molecule has 0 spiro atoms. The maximum Gasteiger partial charge on any atom is 0.317 e. The third-order valence-corrected chi connectivity index (χ3v) is 5.96. The monoisotopic (exact) mass is 422 g/mol. The van der Waals surface area contributed by atoms with Crippen LogP contribution in [0.2, 0.25) is 5.02 Å². The Morgan fingerprint density at radius 2 is 2.07 bits per heavy atom. The van der Waals surface area contributed by atoms with E-state index >= 15 is 0 Å². The number of rotatable bonds is 6. The number of benzene rings is 1. The van der Waals surface area contributed by atoms with E-state index in [1.807, 2.05) is 6.07 Å². The summed E-state index contributed by atoms with van der Waals surface area (Å²) in [7, 11) is 0. The number of anilines is 1. The summed E-state index contributed by atoms with van der Waals surface area (Å²) < 4.78 is 6.27. The van der Waals surface area contributed by atoms with Crippen LogP contribution in [0.4, 0.5) is 9.80 Å². The number of carbonyl (C=O) groups excluding carboxylic acids is 2. The standard InChI is InChI=1S/C19H23ClN4O3S/c1-10(2)24-6-5-12(9-24)27-15-4-3-11(20)7-13(15)16-8-14(17(21)25)18(28-16)23-19(22)26/h3-4,7-8,10,12H,5-6,9H2,1-2H3,(H2,21,25)(H3,22,23,26). The van der Waals surface area contributed by atoms with Crippen LogP contribution in [-0.4, -0.2) is 42.1 Å². The van der Waals surface area contributed by atoms with Crippen LogP contribution >= 0.6 is 22.9 Å². The van der Waals surface area contributed by atoms with Gasteiger partial charge >= 0.3 is 6.03 Å². The van der Waals surface area contributed by atoms with Crippen LogP contribution in [0.15, 0.2) is 24.3 Å². The molecule has 1 unspecified atom stereocenters. The van der Waals surface area contributed by atoms with Crippen molar-refractivity contribution in [2.24, 2.45) is 11.5 Å². The van der Waals surface area contributed by atoms with Crippen molar-refractivity contribution in [3.8, 4) is 16.2 Å². The molecule has 1 fully saturated rings. The number of nitrogens with two attached hydrogens (primary N) is 2. The zero-order valence-corrected chi connectivity index (χ0v) is 17.3. The number of likely N-dealkylation sites (tertiary alicyclic amines) is 1. The van der Waals surface area contributed by atoms with E-state index in [9.17, 15) is 9.59 Å². The van der Waals surface area contributed by atoms with E-state index in [0.29, 0.717) is 26.7 Å². The SMILES string of the molecule is CC(C)N1CCC(Oc2ccc(Cl)cc2-c2cc(C(N)=O)c(NC(N)=O)s2)C1. The van der Waals surface area contributed by atoms with Crippen molar-refractivity contribution in [2.75, 3.05) is 18.4 Å². The number of nitrogens with zero attached hydrogens (tertiary/aromatic N) is 1. The predicted molar refractivity (Wildman–Crippen MR) is 112 cm³/mol. The fourth-order valence-corrected chi connectivity index (χ4v) is 4.47. The lowest BCUT2D eigenvalue weighted by atomic mass is 10.1. The van der Waals surface area contributed by atoms with E-state index in [1.165, 1.54) is 11.3 Å². The van der Waals surface area contributed by atoms with Crippen molar-refractivity contribution in [1.82, 2.24) is 4.90 Å². The van der Waals surface area contributed by atoms with Crippen LogP contribution in [0.1, 0.15) is 30.6 Å². The summed E-state index contributed by atoms with van der Waals surface area (Å²) in [6.45, 7) is 6.18. The minimum atomic E-state index is -0.766. The third-order valence-electron chi connectivity index (χ3n) is 4.64. The Balaban J connectivity index is 1.93. The molecule has 150 valence electrons. The van der Waals surface area contributed by atoms with Gasteiger partial charge in [-0.2, -0.15) is 0 Å². The molecule has 0 bridgehead atoms. The Hall–Kier alpha value is -2.29. The van der Waals surface area contributed by atoms with Crippen LogP contribution < -0.4 is 21.5 Å². The molecule has 3 amide bonds. The van der Waals surface area contributed by atoms with Crippen LogP contribution in [0.25, 0.3) is 10.4 Å². The largest absolute Gasteiger partial charge is 0.488 e. The second kappa shape index (κ2) is 8.38. The molecule has 7 nitrogen and oxygen atoms in total. The highest BCUT2D eigenvalue weighted by Crippen LogP contribution is 2.41. The molecule has 5 N–H and O–H groups in total. The number of thiophene rings is 1. The van der Waals surface area contributed by atoms with E-state index in [4.69, 9.17) is 27.8 Å². The van der Waals surface area contributed by atoms with Gasteiger partial charge in [0, 0.05) is 34.6 Å².